The molecule has 0 bridgehead atoms. The Morgan fingerprint density at radius 2 is 1.80 bits per heavy atom. The molecule has 1 aliphatic heterocycles. The molecule has 108 valence electrons. The summed E-state index contributed by atoms with van der Waals surface area (Å²) in [6.07, 6.45) is 4.58. The molecule has 0 unspecified atom stereocenters. The fourth-order valence-corrected chi connectivity index (χ4v) is 2.97. The lowest BCUT2D eigenvalue weighted by molar-refractivity contribution is -0.122. The van der Waals surface area contributed by atoms with Crippen molar-refractivity contribution in [1.82, 2.24) is 10.6 Å². The quantitative estimate of drug-likeness (QED) is 0.885. The summed E-state index contributed by atoms with van der Waals surface area (Å²) in [5, 5.41) is 6.51. The third-order valence-corrected chi connectivity index (χ3v) is 4.55. The maximum atomic E-state index is 11.8. The maximum absolute atomic E-state index is 11.8. The average Bonchev–Trinajstić information content (AvgIpc) is 3.33. The van der Waals surface area contributed by atoms with Gasteiger partial charge in [-0.05, 0) is 62.7 Å². The third-order valence-electron chi connectivity index (χ3n) is 4.55. The molecular formula is C17H24N2O. The second-order valence-corrected chi connectivity index (χ2v) is 6.20. The van der Waals surface area contributed by atoms with Crippen molar-refractivity contribution in [1.29, 1.82) is 0 Å². The normalized spacial score (nSPS) is 21.4. The topological polar surface area (TPSA) is 41.1 Å². The van der Waals surface area contributed by atoms with Gasteiger partial charge >= 0.3 is 0 Å². The third kappa shape index (κ3) is 3.21. The summed E-state index contributed by atoms with van der Waals surface area (Å²) in [6.45, 7) is 4.32. The van der Waals surface area contributed by atoms with E-state index in [1.54, 1.807) is 0 Å². The van der Waals surface area contributed by atoms with E-state index < -0.39 is 0 Å². The number of amides is 1. The molecule has 1 saturated carbocycles. The van der Waals surface area contributed by atoms with E-state index in [4.69, 9.17) is 0 Å². The summed E-state index contributed by atoms with van der Waals surface area (Å²) in [4.78, 5) is 11.8. The van der Waals surface area contributed by atoms with Crippen LogP contribution in [0.1, 0.15) is 55.7 Å². The highest BCUT2D eigenvalue weighted by atomic mass is 16.2. The molecule has 2 fully saturated rings. The number of nitrogens with one attached hydrogen (secondary N) is 2. The van der Waals surface area contributed by atoms with Crippen molar-refractivity contribution in [2.45, 2.75) is 44.6 Å². The maximum Gasteiger partial charge on any atom is 0.223 e. The summed E-state index contributed by atoms with van der Waals surface area (Å²) >= 11 is 0. The Hall–Kier alpha value is -1.35. The van der Waals surface area contributed by atoms with E-state index in [-0.39, 0.29) is 17.9 Å². The van der Waals surface area contributed by atoms with Crippen molar-refractivity contribution in [2.24, 2.45) is 5.92 Å². The van der Waals surface area contributed by atoms with E-state index in [9.17, 15) is 4.79 Å². The Labute approximate surface area is 121 Å². The van der Waals surface area contributed by atoms with E-state index in [0.717, 1.165) is 25.9 Å². The largest absolute Gasteiger partial charge is 0.349 e. The van der Waals surface area contributed by atoms with E-state index in [0.29, 0.717) is 5.92 Å². The van der Waals surface area contributed by atoms with Crippen LogP contribution in [0.5, 0.6) is 0 Å². The number of rotatable bonds is 4. The predicted molar refractivity (Wildman–Crippen MR) is 80.6 cm³/mol. The van der Waals surface area contributed by atoms with Gasteiger partial charge in [0.25, 0.3) is 0 Å². The summed E-state index contributed by atoms with van der Waals surface area (Å²) in [5.74, 6) is 1.20. The fourth-order valence-electron chi connectivity index (χ4n) is 2.97. The molecule has 3 heteroatoms. The molecule has 3 nitrogen and oxygen atoms in total. The first-order chi connectivity index (χ1) is 9.74. The predicted octanol–water partition coefficient (Wildman–Crippen LogP) is 2.74. The number of hydrogen-bond donors (Lipinski definition) is 2. The first kappa shape index (κ1) is 13.6. The molecule has 0 spiro atoms. The minimum absolute atomic E-state index is 0.116. The van der Waals surface area contributed by atoms with Gasteiger partial charge in [0.1, 0.15) is 0 Å². The molecule has 0 radical (unpaired) electrons. The number of carbonyl (C=O) groups excluding carboxylic acids is 1. The fraction of sp³-hybridized carbons (Fsp3) is 0.588. The van der Waals surface area contributed by atoms with E-state index in [2.05, 4.69) is 41.8 Å². The van der Waals surface area contributed by atoms with Gasteiger partial charge in [-0.2, -0.15) is 0 Å². The molecule has 2 N–H and O–H groups in total. The molecule has 1 aromatic carbocycles. The molecule has 1 amide bonds. The van der Waals surface area contributed by atoms with Crippen LogP contribution < -0.4 is 10.6 Å². The Morgan fingerprint density at radius 1 is 1.15 bits per heavy atom. The highest BCUT2D eigenvalue weighted by Gasteiger charge is 2.30. The van der Waals surface area contributed by atoms with Gasteiger partial charge in [0.15, 0.2) is 0 Å². The van der Waals surface area contributed by atoms with E-state index in [1.165, 1.54) is 24.0 Å². The van der Waals surface area contributed by atoms with Crippen molar-refractivity contribution in [3.8, 4) is 0 Å². The minimum atomic E-state index is 0.116. The standard InChI is InChI=1S/C17H24N2O/c1-12(19-17(20)16-6-7-16)13-2-4-14(5-3-13)15-8-10-18-11-9-15/h2-5,12,15-16,18H,6-11H2,1H3,(H,19,20)/t12-/m0/s1. The van der Waals surface area contributed by atoms with Gasteiger partial charge in [-0.3, -0.25) is 4.79 Å². The zero-order valence-corrected chi connectivity index (χ0v) is 12.2. The molecule has 20 heavy (non-hydrogen) atoms. The van der Waals surface area contributed by atoms with Gasteiger partial charge < -0.3 is 10.6 Å². The summed E-state index contributed by atoms with van der Waals surface area (Å²) in [5.41, 5.74) is 2.65. The van der Waals surface area contributed by atoms with Crippen molar-refractivity contribution >= 4 is 5.91 Å². The molecular weight excluding hydrogens is 248 g/mol. The van der Waals surface area contributed by atoms with Gasteiger partial charge in [0.05, 0.1) is 6.04 Å². The van der Waals surface area contributed by atoms with Crippen LogP contribution in [0.3, 0.4) is 0 Å². The van der Waals surface area contributed by atoms with Gasteiger partial charge in [-0.15, -0.1) is 0 Å². The van der Waals surface area contributed by atoms with Gasteiger partial charge in [0.2, 0.25) is 5.91 Å². The van der Waals surface area contributed by atoms with Crippen molar-refractivity contribution in [3.05, 3.63) is 35.4 Å². The van der Waals surface area contributed by atoms with Crippen molar-refractivity contribution in [2.75, 3.05) is 13.1 Å². The van der Waals surface area contributed by atoms with Crippen LogP contribution in [0.25, 0.3) is 0 Å². The highest BCUT2D eigenvalue weighted by molar-refractivity contribution is 5.81. The highest BCUT2D eigenvalue weighted by Crippen LogP contribution is 2.30. The number of piperidine rings is 1. The van der Waals surface area contributed by atoms with E-state index >= 15 is 0 Å². The minimum Gasteiger partial charge on any atom is -0.349 e. The molecule has 0 aromatic heterocycles. The van der Waals surface area contributed by atoms with Crippen molar-refractivity contribution < 1.29 is 4.79 Å². The molecule has 1 aromatic rings. The van der Waals surface area contributed by atoms with Crippen LogP contribution >= 0.6 is 0 Å². The molecule has 3 rings (SSSR count). The zero-order valence-electron chi connectivity index (χ0n) is 12.2. The second-order valence-electron chi connectivity index (χ2n) is 6.20. The Bertz CT molecular complexity index is 458. The average molecular weight is 272 g/mol. The lowest BCUT2D eigenvalue weighted by Crippen LogP contribution is -2.28. The lowest BCUT2D eigenvalue weighted by atomic mass is 9.89. The first-order valence-electron chi connectivity index (χ1n) is 7.85. The van der Waals surface area contributed by atoms with Gasteiger partial charge in [0, 0.05) is 5.92 Å². The van der Waals surface area contributed by atoms with Crippen LogP contribution in [0, 0.1) is 5.92 Å². The van der Waals surface area contributed by atoms with Crippen molar-refractivity contribution in [3.63, 3.8) is 0 Å². The zero-order chi connectivity index (χ0) is 13.9. The van der Waals surface area contributed by atoms with Crippen LogP contribution in [0.2, 0.25) is 0 Å². The summed E-state index contributed by atoms with van der Waals surface area (Å²) in [7, 11) is 0. The lowest BCUT2D eigenvalue weighted by Gasteiger charge is -2.23. The molecule has 1 saturated heterocycles. The van der Waals surface area contributed by atoms with Crippen LogP contribution in [-0.4, -0.2) is 19.0 Å². The SMILES string of the molecule is C[C@H](NC(=O)C1CC1)c1ccc(C2CCNCC2)cc1. The summed E-state index contributed by atoms with van der Waals surface area (Å²) < 4.78 is 0. The second kappa shape index (κ2) is 5.96. The number of benzene rings is 1. The smallest absolute Gasteiger partial charge is 0.223 e. The Kier molecular flexibility index (Phi) is 4.06. The van der Waals surface area contributed by atoms with Gasteiger partial charge in [-0.25, -0.2) is 0 Å². The molecule has 1 atom stereocenters. The van der Waals surface area contributed by atoms with Gasteiger partial charge in [-0.1, -0.05) is 24.3 Å². The molecule has 1 heterocycles. The number of hydrogen-bond acceptors (Lipinski definition) is 2. The molecule has 2 aliphatic rings. The Morgan fingerprint density at radius 3 is 2.40 bits per heavy atom. The monoisotopic (exact) mass is 272 g/mol. The van der Waals surface area contributed by atoms with E-state index in [1.807, 2.05) is 0 Å². The molecule has 1 aliphatic carbocycles. The summed E-state index contributed by atoms with van der Waals surface area (Å²) in [6, 6.07) is 8.95. The van der Waals surface area contributed by atoms with Crippen LogP contribution in [0.4, 0.5) is 0 Å². The first-order valence-corrected chi connectivity index (χ1v) is 7.85. The number of carbonyl (C=O) groups is 1. The van der Waals surface area contributed by atoms with Crippen LogP contribution in [0.15, 0.2) is 24.3 Å². The Balaban J connectivity index is 1.60. The van der Waals surface area contributed by atoms with Crippen LogP contribution in [-0.2, 0) is 4.79 Å².